The molecule has 0 saturated carbocycles. The van der Waals surface area contributed by atoms with Crippen LogP contribution in [0.25, 0.3) is 0 Å². The largest absolute Gasteiger partial charge is 0.469 e. The quantitative estimate of drug-likeness (QED) is 0.0395. The Hall–Kier alpha value is -9.75. The summed E-state index contributed by atoms with van der Waals surface area (Å²) in [6.07, 6.45) is -17.1. The molecular weight excluding hydrogens is 1040 g/mol. The highest BCUT2D eigenvalue weighted by Gasteiger charge is 2.58. The van der Waals surface area contributed by atoms with Crippen molar-refractivity contribution >= 4 is 41.8 Å². The van der Waals surface area contributed by atoms with Crippen LogP contribution in [0.3, 0.4) is 0 Å². The molecule has 2 aliphatic heterocycles. The normalized spacial score (nSPS) is 22.0. The van der Waals surface area contributed by atoms with E-state index in [9.17, 15) is 33.6 Å². The summed E-state index contributed by atoms with van der Waals surface area (Å²) < 4.78 is 69.1. The van der Waals surface area contributed by atoms with Crippen molar-refractivity contribution in [1.82, 2.24) is 0 Å². The molecule has 9 rings (SSSR count). The van der Waals surface area contributed by atoms with Crippen molar-refractivity contribution in [3.05, 3.63) is 264 Å². The second-order valence-corrected chi connectivity index (χ2v) is 18.1. The van der Waals surface area contributed by atoms with Crippen LogP contribution in [0.1, 0.15) is 72.5 Å². The molecule has 18 heteroatoms. The maximum atomic E-state index is 14.5. The smallest absolute Gasteiger partial charge is 0.338 e. The summed E-state index contributed by atoms with van der Waals surface area (Å²) in [5.41, 5.74) is 0.425. The van der Waals surface area contributed by atoms with Crippen LogP contribution in [-0.2, 0) is 52.1 Å². The maximum Gasteiger partial charge on any atom is 0.338 e. The highest BCUT2D eigenvalue weighted by molar-refractivity contribution is 5.93. The molecule has 0 spiro atoms. The Labute approximate surface area is 464 Å². The fourth-order valence-electron chi connectivity index (χ4n) is 8.78. The summed E-state index contributed by atoms with van der Waals surface area (Å²) in [6, 6.07) is 54.7. The highest BCUT2D eigenvalue weighted by atomic mass is 16.8. The van der Waals surface area contributed by atoms with E-state index in [0.717, 1.165) is 6.26 Å². The van der Waals surface area contributed by atoms with Crippen LogP contribution in [0.4, 0.5) is 0 Å². The van der Waals surface area contributed by atoms with Crippen molar-refractivity contribution in [3.63, 3.8) is 0 Å². The van der Waals surface area contributed by atoms with Crippen LogP contribution in [0.5, 0.6) is 0 Å². The van der Waals surface area contributed by atoms with Gasteiger partial charge in [-0.15, -0.1) is 0 Å². The first kappa shape index (κ1) is 56.0. The lowest BCUT2D eigenvalue weighted by atomic mass is 9.95. The van der Waals surface area contributed by atoms with Crippen LogP contribution in [0, 0.1) is 0 Å². The van der Waals surface area contributed by atoms with Gasteiger partial charge in [0.05, 0.1) is 45.2 Å². The summed E-state index contributed by atoms with van der Waals surface area (Å²) in [5, 5.41) is 0. The second-order valence-electron chi connectivity index (χ2n) is 18.1. The zero-order valence-corrected chi connectivity index (χ0v) is 43.0. The molecule has 18 nitrogen and oxygen atoms in total. The Morgan fingerprint density at radius 2 is 0.568 bits per heavy atom. The van der Waals surface area contributed by atoms with Gasteiger partial charge < -0.3 is 52.1 Å². The Balaban J connectivity index is 1.20. The number of carbonyl (C=O) groups is 7. The van der Waals surface area contributed by atoms with E-state index in [1.165, 1.54) is 84.9 Å². The SMILES string of the molecule is C=CO[C@@H]1O[C@H](COC(=O)c2ccccc2)[C@@H](O[C@@H]2O[C@H](COC(=O)c3ccccc3)[C@@H](OC(=O)c3ccccc3)[C@H](OC(=O)c3ccccc3)[C@H]2OC(=O)c2ccccc2)[C@H](OC(=O)c2ccccc2)[C@H]1OC(=O)c1ccccc1. The first-order valence-electron chi connectivity index (χ1n) is 25.5. The third kappa shape index (κ3) is 14.3. The topological polar surface area (TPSA) is 221 Å². The first-order chi connectivity index (χ1) is 39.5. The number of ether oxygens (including phenoxy) is 11. The van der Waals surface area contributed by atoms with Gasteiger partial charge in [-0.2, -0.15) is 0 Å². The van der Waals surface area contributed by atoms with E-state index in [4.69, 9.17) is 52.1 Å². The molecule has 10 atom stereocenters. The van der Waals surface area contributed by atoms with Crippen molar-refractivity contribution in [1.29, 1.82) is 0 Å². The number of esters is 7. The lowest BCUT2D eigenvalue weighted by Gasteiger charge is -2.48. The fourth-order valence-corrected chi connectivity index (χ4v) is 8.78. The maximum absolute atomic E-state index is 14.5. The number of carbonyl (C=O) groups excluding carboxylic acids is 7. The van der Waals surface area contributed by atoms with Gasteiger partial charge in [0.2, 0.25) is 12.4 Å². The molecule has 0 radical (unpaired) electrons. The van der Waals surface area contributed by atoms with Crippen LogP contribution < -0.4 is 0 Å². The summed E-state index contributed by atoms with van der Waals surface area (Å²) >= 11 is 0. The van der Waals surface area contributed by atoms with Gasteiger partial charge in [-0.05, 0) is 84.9 Å². The van der Waals surface area contributed by atoms with E-state index >= 15 is 0 Å². The van der Waals surface area contributed by atoms with Crippen molar-refractivity contribution in [2.24, 2.45) is 0 Å². The molecule has 0 bridgehead atoms. The average Bonchev–Trinajstić information content (AvgIpc) is 3.71. The molecule has 7 aromatic carbocycles. The van der Waals surface area contributed by atoms with Crippen molar-refractivity contribution in [2.45, 2.75) is 61.4 Å². The van der Waals surface area contributed by atoms with Gasteiger partial charge in [-0.25, -0.2) is 33.6 Å². The Morgan fingerprint density at radius 1 is 0.321 bits per heavy atom. The molecule has 2 heterocycles. The lowest BCUT2D eigenvalue weighted by Crippen LogP contribution is -2.67. The Kier molecular flexibility index (Phi) is 18.8. The van der Waals surface area contributed by atoms with Gasteiger partial charge in [0.1, 0.15) is 31.5 Å². The molecule has 2 aliphatic rings. The van der Waals surface area contributed by atoms with Crippen molar-refractivity contribution in [3.8, 4) is 0 Å². The van der Waals surface area contributed by atoms with Gasteiger partial charge in [-0.1, -0.05) is 134 Å². The summed E-state index contributed by atoms with van der Waals surface area (Å²) in [6.45, 7) is 2.25. The fraction of sp³-hybridized carbons (Fsp3) is 0.190. The Bertz CT molecular complexity index is 3240. The van der Waals surface area contributed by atoms with Crippen LogP contribution in [0.2, 0.25) is 0 Å². The third-order valence-electron chi connectivity index (χ3n) is 12.7. The van der Waals surface area contributed by atoms with Crippen molar-refractivity contribution < 1.29 is 85.7 Å². The molecule has 81 heavy (non-hydrogen) atoms. The average molecular weight is 1100 g/mol. The molecular formula is C63H52O18. The number of benzene rings is 7. The van der Waals surface area contributed by atoms with Gasteiger partial charge in [0, 0.05) is 0 Å². The molecule has 0 amide bonds. The van der Waals surface area contributed by atoms with Gasteiger partial charge in [-0.3, -0.25) is 0 Å². The zero-order valence-electron chi connectivity index (χ0n) is 43.0. The van der Waals surface area contributed by atoms with Crippen LogP contribution in [-0.4, -0.2) is 116 Å². The molecule has 7 aromatic rings. The van der Waals surface area contributed by atoms with E-state index in [-0.39, 0.29) is 38.9 Å². The van der Waals surface area contributed by atoms with Crippen molar-refractivity contribution in [2.75, 3.05) is 13.2 Å². The lowest BCUT2D eigenvalue weighted by molar-refractivity contribution is -0.352. The summed E-state index contributed by atoms with van der Waals surface area (Å²) in [4.78, 5) is 99.4. The highest BCUT2D eigenvalue weighted by Crippen LogP contribution is 2.37. The number of hydrogen-bond donors (Lipinski definition) is 0. The molecule has 0 aliphatic carbocycles. The molecule has 0 unspecified atom stereocenters. The number of hydrogen-bond acceptors (Lipinski definition) is 18. The molecule has 2 saturated heterocycles. The minimum absolute atomic E-state index is 0.000182. The van der Waals surface area contributed by atoms with Crippen LogP contribution >= 0.6 is 0 Å². The minimum atomic E-state index is -2.06. The van der Waals surface area contributed by atoms with Gasteiger partial charge in [0.25, 0.3) is 0 Å². The molecule has 2 fully saturated rings. The van der Waals surface area contributed by atoms with E-state index in [0.29, 0.717) is 0 Å². The summed E-state index contributed by atoms with van der Waals surface area (Å²) in [5.74, 6) is -6.55. The van der Waals surface area contributed by atoms with E-state index < -0.39 is 116 Å². The molecule has 0 N–H and O–H groups in total. The van der Waals surface area contributed by atoms with Crippen LogP contribution in [0.15, 0.2) is 225 Å². The minimum Gasteiger partial charge on any atom is -0.469 e. The predicted octanol–water partition coefficient (Wildman–Crippen LogP) is 8.82. The third-order valence-corrected chi connectivity index (χ3v) is 12.7. The summed E-state index contributed by atoms with van der Waals surface area (Å²) in [7, 11) is 0. The first-order valence-corrected chi connectivity index (χ1v) is 25.5. The second kappa shape index (κ2) is 27.2. The van der Waals surface area contributed by atoms with E-state index in [2.05, 4.69) is 6.58 Å². The molecule has 412 valence electrons. The number of rotatable bonds is 20. The van der Waals surface area contributed by atoms with Gasteiger partial charge in [0.15, 0.2) is 30.7 Å². The zero-order chi connectivity index (χ0) is 56.5. The predicted molar refractivity (Wildman–Crippen MR) is 285 cm³/mol. The van der Waals surface area contributed by atoms with E-state index in [1.807, 2.05) is 0 Å². The Morgan fingerprint density at radius 3 is 0.889 bits per heavy atom. The molecule has 0 aromatic heterocycles. The van der Waals surface area contributed by atoms with E-state index in [1.54, 1.807) is 127 Å². The van der Waals surface area contributed by atoms with Gasteiger partial charge >= 0.3 is 41.8 Å². The standard InChI is InChI=1S/C63H52O18/c1-2-71-62-53(79-60(69)45-34-20-8-21-35-45)52(78-59(68)44-32-18-7-19-33-44)50(48(74-62)39-73-56(65)41-26-12-4-13-27-41)81-63-54(80-61(70)46-36-22-9-23-37-46)51(77-58(67)43-30-16-6-17-31-43)49(76-57(66)42-28-14-5-15-29-42)47(75-63)38-72-55(64)40-24-10-3-11-25-40/h2-37,47-54,62-63H,1,38-39H2/t47-,48-,49-,50-,51+,52+,53-,54-,62-,63+/m1/s1. The monoisotopic (exact) mass is 1100 g/mol.